The number of halogens is 2. The van der Waals surface area contributed by atoms with Gasteiger partial charge in [-0.3, -0.25) is 0 Å². The minimum absolute atomic E-state index is 0. The minimum atomic E-state index is -0.555. The minimum Gasteiger partial charge on any atom is -0.322 e. The SMILES string of the molecule is C.NC(CF)c1cccc(Cl)c1. The highest BCUT2D eigenvalue weighted by Gasteiger charge is 2.03. The Balaban J connectivity index is 0.00000121. The molecule has 0 bridgehead atoms. The lowest BCUT2D eigenvalue weighted by Gasteiger charge is -2.06. The van der Waals surface area contributed by atoms with Gasteiger partial charge in [-0.1, -0.05) is 31.2 Å². The summed E-state index contributed by atoms with van der Waals surface area (Å²) < 4.78 is 12.0. The predicted molar refractivity (Wildman–Crippen MR) is 51.1 cm³/mol. The van der Waals surface area contributed by atoms with E-state index in [0.717, 1.165) is 5.56 Å². The molecule has 2 N–H and O–H groups in total. The molecular weight excluding hydrogens is 177 g/mol. The number of alkyl halides is 1. The fourth-order valence-corrected chi connectivity index (χ4v) is 1.03. The Morgan fingerprint density at radius 1 is 1.50 bits per heavy atom. The van der Waals surface area contributed by atoms with E-state index in [2.05, 4.69) is 0 Å². The van der Waals surface area contributed by atoms with Crippen molar-refractivity contribution in [3.8, 4) is 0 Å². The zero-order valence-electron chi connectivity index (χ0n) is 5.93. The van der Waals surface area contributed by atoms with Crippen LogP contribution in [0.15, 0.2) is 24.3 Å². The predicted octanol–water partition coefficient (Wildman–Crippen LogP) is 2.95. The van der Waals surface area contributed by atoms with Crippen LogP contribution in [0.2, 0.25) is 5.02 Å². The highest BCUT2D eigenvalue weighted by Crippen LogP contribution is 2.15. The molecule has 0 aliphatic carbocycles. The molecule has 1 aromatic rings. The Kier molecular flexibility index (Phi) is 4.86. The van der Waals surface area contributed by atoms with Crippen LogP contribution in [-0.2, 0) is 0 Å². The molecule has 1 aromatic carbocycles. The molecule has 3 heteroatoms. The molecule has 0 fully saturated rings. The average Bonchev–Trinajstić information content (AvgIpc) is 2.03. The molecule has 0 saturated heterocycles. The van der Waals surface area contributed by atoms with Gasteiger partial charge in [-0.2, -0.15) is 0 Å². The van der Waals surface area contributed by atoms with Gasteiger partial charge < -0.3 is 5.73 Å². The van der Waals surface area contributed by atoms with Gasteiger partial charge in [-0.25, -0.2) is 4.39 Å². The third-order valence-corrected chi connectivity index (χ3v) is 1.68. The van der Waals surface area contributed by atoms with Gasteiger partial charge in [0.25, 0.3) is 0 Å². The van der Waals surface area contributed by atoms with Gasteiger partial charge in [-0.05, 0) is 17.7 Å². The lowest BCUT2D eigenvalue weighted by atomic mass is 10.1. The van der Waals surface area contributed by atoms with Crippen molar-refractivity contribution in [2.75, 3.05) is 6.67 Å². The first kappa shape index (κ1) is 11.4. The van der Waals surface area contributed by atoms with Crippen molar-refractivity contribution in [2.24, 2.45) is 5.73 Å². The topological polar surface area (TPSA) is 26.0 Å². The summed E-state index contributed by atoms with van der Waals surface area (Å²) in [5, 5.41) is 0.589. The standard InChI is InChI=1S/C8H9ClFN.CH4/c9-7-3-1-2-6(4-7)8(11)5-10;/h1-4,8H,5,11H2;1H4. The van der Waals surface area contributed by atoms with E-state index in [-0.39, 0.29) is 7.43 Å². The molecule has 0 aliphatic heterocycles. The molecule has 0 amide bonds. The molecule has 0 radical (unpaired) electrons. The van der Waals surface area contributed by atoms with Crippen LogP contribution in [0.3, 0.4) is 0 Å². The second kappa shape index (κ2) is 5.12. The van der Waals surface area contributed by atoms with Crippen LogP contribution >= 0.6 is 11.6 Å². The van der Waals surface area contributed by atoms with Crippen LogP contribution in [0.1, 0.15) is 19.0 Å². The lowest BCUT2D eigenvalue weighted by molar-refractivity contribution is 0.437. The number of benzene rings is 1. The van der Waals surface area contributed by atoms with Crippen molar-refractivity contribution in [1.82, 2.24) is 0 Å². The van der Waals surface area contributed by atoms with Crippen molar-refractivity contribution < 1.29 is 4.39 Å². The van der Waals surface area contributed by atoms with Crippen molar-refractivity contribution >= 4 is 11.6 Å². The normalized spacial score (nSPS) is 11.9. The summed E-state index contributed by atoms with van der Waals surface area (Å²) in [4.78, 5) is 0. The summed E-state index contributed by atoms with van der Waals surface area (Å²) >= 11 is 5.67. The average molecular weight is 190 g/mol. The maximum absolute atomic E-state index is 12.0. The summed E-state index contributed by atoms with van der Waals surface area (Å²) in [7, 11) is 0. The molecule has 1 unspecified atom stereocenters. The number of hydrogen-bond donors (Lipinski definition) is 1. The molecule has 12 heavy (non-hydrogen) atoms. The van der Waals surface area contributed by atoms with Gasteiger partial charge in [0.2, 0.25) is 0 Å². The van der Waals surface area contributed by atoms with E-state index in [1.165, 1.54) is 0 Å². The van der Waals surface area contributed by atoms with E-state index in [4.69, 9.17) is 17.3 Å². The van der Waals surface area contributed by atoms with Gasteiger partial charge in [0.05, 0.1) is 6.04 Å². The number of nitrogens with two attached hydrogens (primary N) is 1. The molecule has 0 heterocycles. The highest BCUT2D eigenvalue weighted by atomic mass is 35.5. The van der Waals surface area contributed by atoms with E-state index in [1.807, 2.05) is 0 Å². The van der Waals surface area contributed by atoms with Gasteiger partial charge >= 0.3 is 0 Å². The van der Waals surface area contributed by atoms with Crippen LogP contribution < -0.4 is 5.73 Å². The fourth-order valence-electron chi connectivity index (χ4n) is 0.826. The highest BCUT2D eigenvalue weighted by molar-refractivity contribution is 6.30. The van der Waals surface area contributed by atoms with Crippen molar-refractivity contribution in [2.45, 2.75) is 13.5 Å². The summed E-state index contributed by atoms with van der Waals surface area (Å²) in [5.41, 5.74) is 6.17. The summed E-state index contributed by atoms with van der Waals surface area (Å²) in [5.74, 6) is 0. The van der Waals surface area contributed by atoms with Gasteiger partial charge in [0.1, 0.15) is 6.67 Å². The monoisotopic (exact) mass is 189 g/mol. The lowest BCUT2D eigenvalue weighted by Crippen LogP contribution is -2.11. The molecule has 0 aromatic heterocycles. The maximum atomic E-state index is 12.0. The van der Waals surface area contributed by atoms with Crippen molar-refractivity contribution in [3.63, 3.8) is 0 Å². The molecular formula is C9H13ClFN. The van der Waals surface area contributed by atoms with E-state index >= 15 is 0 Å². The van der Waals surface area contributed by atoms with E-state index in [0.29, 0.717) is 5.02 Å². The van der Waals surface area contributed by atoms with Gasteiger partial charge in [-0.15, -0.1) is 0 Å². The first-order valence-corrected chi connectivity index (χ1v) is 3.69. The van der Waals surface area contributed by atoms with E-state index in [1.54, 1.807) is 24.3 Å². The second-order valence-electron chi connectivity index (χ2n) is 2.32. The van der Waals surface area contributed by atoms with Crippen LogP contribution in [0.4, 0.5) is 4.39 Å². The quantitative estimate of drug-likeness (QED) is 0.761. The van der Waals surface area contributed by atoms with Crippen LogP contribution in [-0.4, -0.2) is 6.67 Å². The van der Waals surface area contributed by atoms with Crippen molar-refractivity contribution in [3.05, 3.63) is 34.9 Å². The third-order valence-electron chi connectivity index (χ3n) is 1.44. The first-order chi connectivity index (χ1) is 5.24. The Bertz CT molecular complexity index is 240. The Morgan fingerprint density at radius 2 is 2.17 bits per heavy atom. The van der Waals surface area contributed by atoms with Crippen LogP contribution in [0.25, 0.3) is 0 Å². The summed E-state index contributed by atoms with van der Waals surface area (Å²) in [6.45, 7) is -0.555. The van der Waals surface area contributed by atoms with Crippen LogP contribution in [0.5, 0.6) is 0 Å². The molecule has 0 aliphatic rings. The summed E-state index contributed by atoms with van der Waals surface area (Å²) in [6, 6.07) is 6.37. The smallest absolute Gasteiger partial charge is 0.109 e. The van der Waals surface area contributed by atoms with Gasteiger partial charge in [0.15, 0.2) is 0 Å². The van der Waals surface area contributed by atoms with Gasteiger partial charge in [0, 0.05) is 5.02 Å². The Hall–Kier alpha value is -0.600. The maximum Gasteiger partial charge on any atom is 0.109 e. The van der Waals surface area contributed by atoms with Crippen LogP contribution in [0, 0.1) is 0 Å². The number of hydrogen-bond acceptors (Lipinski definition) is 1. The Morgan fingerprint density at radius 3 is 2.67 bits per heavy atom. The van der Waals surface area contributed by atoms with E-state index < -0.39 is 12.7 Å². The zero-order chi connectivity index (χ0) is 8.27. The van der Waals surface area contributed by atoms with E-state index in [9.17, 15) is 4.39 Å². The number of rotatable bonds is 2. The first-order valence-electron chi connectivity index (χ1n) is 3.31. The molecule has 68 valence electrons. The third kappa shape index (κ3) is 2.80. The molecule has 1 rings (SSSR count). The second-order valence-corrected chi connectivity index (χ2v) is 2.75. The van der Waals surface area contributed by atoms with Crippen molar-refractivity contribution in [1.29, 1.82) is 0 Å². The molecule has 1 atom stereocenters. The molecule has 0 spiro atoms. The Labute approximate surface area is 77.3 Å². The largest absolute Gasteiger partial charge is 0.322 e. The molecule has 1 nitrogen and oxygen atoms in total. The zero-order valence-corrected chi connectivity index (χ0v) is 6.68. The fraction of sp³-hybridized carbons (Fsp3) is 0.333. The molecule has 0 saturated carbocycles. The summed E-state index contributed by atoms with van der Waals surface area (Å²) in [6.07, 6.45) is 0.